The lowest BCUT2D eigenvalue weighted by Crippen LogP contribution is -2.21. The first kappa shape index (κ1) is 16.1. The fraction of sp³-hybridized carbons (Fsp3) is 0.105. The van der Waals surface area contributed by atoms with Crippen molar-refractivity contribution in [3.8, 4) is 0 Å². The van der Waals surface area contributed by atoms with E-state index >= 15 is 0 Å². The van der Waals surface area contributed by atoms with Crippen LogP contribution in [0.1, 0.15) is 32.0 Å². The Kier molecular flexibility index (Phi) is 4.40. The van der Waals surface area contributed by atoms with E-state index in [0.717, 1.165) is 20.7 Å². The van der Waals surface area contributed by atoms with Crippen LogP contribution in [-0.2, 0) is 6.54 Å². The summed E-state index contributed by atoms with van der Waals surface area (Å²) in [5.41, 5.74) is 1.59. The maximum Gasteiger partial charge on any atom is 0.287 e. The lowest BCUT2D eigenvalue weighted by Gasteiger charge is -2.05. The third-order valence-electron chi connectivity index (χ3n) is 3.88. The maximum absolute atomic E-state index is 12.3. The molecule has 0 bridgehead atoms. The first-order chi connectivity index (χ1) is 12.2. The van der Waals surface area contributed by atoms with Gasteiger partial charge in [0.25, 0.3) is 5.91 Å². The number of carbonyl (C=O) groups excluding carboxylic acids is 1. The van der Waals surface area contributed by atoms with E-state index in [1.165, 1.54) is 11.3 Å². The molecule has 4 aromatic rings. The Morgan fingerprint density at radius 3 is 2.88 bits per heavy atom. The molecule has 3 aromatic heterocycles. The van der Waals surface area contributed by atoms with Crippen molar-refractivity contribution in [3.63, 3.8) is 0 Å². The van der Waals surface area contributed by atoms with Crippen LogP contribution >= 0.6 is 22.7 Å². The molecule has 2 N–H and O–H groups in total. The Bertz CT molecular complexity index is 968. The number of aliphatic hydroxyl groups is 1. The maximum atomic E-state index is 12.3. The number of thiophene rings is 2. The van der Waals surface area contributed by atoms with E-state index < -0.39 is 6.10 Å². The predicted molar refractivity (Wildman–Crippen MR) is 100 cm³/mol. The van der Waals surface area contributed by atoms with Crippen LogP contribution in [0.25, 0.3) is 11.0 Å². The smallest absolute Gasteiger partial charge is 0.287 e. The van der Waals surface area contributed by atoms with Crippen LogP contribution in [0.2, 0.25) is 0 Å². The van der Waals surface area contributed by atoms with Crippen molar-refractivity contribution in [3.05, 3.63) is 80.4 Å². The predicted octanol–water partition coefficient (Wildman–Crippen LogP) is 4.57. The van der Waals surface area contributed by atoms with Crippen LogP contribution < -0.4 is 5.32 Å². The molecule has 1 aromatic carbocycles. The summed E-state index contributed by atoms with van der Waals surface area (Å²) in [6.45, 7) is 0.400. The first-order valence-corrected chi connectivity index (χ1v) is 9.52. The van der Waals surface area contributed by atoms with Gasteiger partial charge in [-0.3, -0.25) is 4.79 Å². The van der Waals surface area contributed by atoms with Gasteiger partial charge in [0.05, 0.1) is 6.54 Å². The van der Waals surface area contributed by atoms with Gasteiger partial charge in [0.2, 0.25) is 0 Å². The van der Waals surface area contributed by atoms with Crippen molar-refractivity contribution >= 4 is 39.5 Å². The van der Waals surface area contributed by atoms with Gasteiger partial charge in [0.15, 0.2) is 5.76 Å². The summed E-state index contributed by atoms with van der Waals surface area (Å²) < 4.78 is 5.56. The van der Waals surface area contributed by atoms with E-state index in [-0.39, 0.29) is 5.91 Å². The molecule has 0 saturated heterocycles. The number of para-hydroxylation sites is 1. The highest BCUT2D eigenvalue weighted by Gasteiger charge is 2.15. The van der Waals surface area contributed by atoms with Crippen LogP contribution in [0.4, 0.5) is 0 Å². The molecule has 0 saturated carbocycles. The molecule has 0 aliphatic heterocycles. The number of amides is 1. The van der Waals surface area contributed by atoms with Crippen molar-refractivity contribution in [1.82, 2.24) is 5.32 Å². The van der Waals surface area contributed by atoms with Crippen LogP contribution in [0.15, 0.2) is 63.7 Å². The van der Waals surface area contributed by atoms with Crippen LogP contribution in [-0.4, -0.2) is 11.0 Å². The van der Waals surface area contributed by atoms with Gasteiger partial charge >= 0.3 is 0 Å². The van der Waals surface area contributed by atoms with Crippen molar-refractivity contribution < 1.29 is 14.3 Å². The van der Waals surface area contributed by atoms with Crippen LogP contribution in [0.3, 0.4) is 0 Å². The number of aliphatic hydroxyl groups excluding tert-OH is 1. The van der Waals surface area contributed by atoms with E-state index in [1.807, 2.05) is 53.2 Å². The van der Waals surface area contributed by atoms with Gasteiger partial charge in [-0.05, 0) is 46.7 Å². The van der Waals surface area contributed by atoms with E-state index in [2.05, 4.69) is 5.32 Å². The molecule has 0 aliphatic carbocycles. The standard InChI is InChI=1S/C19H15NO3S2/c21-18(13-7-8-24-11-13)17-6-5-14(25-17)10-20-19(22)16-9-12-3-1-2-4-15(12)23-16/h1-9,11,18,21H,10H2,(H,20,22). The number of hydrogen-bond acceptors (Lipinski definition) is 5. The summed E-state index contributed by atoms with van der Waals surface area (Å²) in [5.74, 6) is 0.0563. The molecule has 0 spiro atoms. The molecular weight excluding hydrogens is 354 g/mol. The van der Waals surface area contributed by atoms with Gasteiger partial charge in [0.1, 0.15) is 11.7 Å². The molecule has 1 atom stereocenters. The summed E-state index contributed by atoms with van der Waals surface area (Å²) in [7, 11) is 0. The van der Waals surface area contributed by atoms with Crippen LogP contribution in [0.5, 0.6) is 0 Å². The number of hydrogen-bond donors (Lipinski definition) is 2. The first-order valence-electron chi connectivity index (χ1n) is 7.76. The largest absolute Gasteiger partial charge is 0.451 e. The average molecular weight is 369 g/mol. The lowest BCUT2D eigenvalue weighted by atomic mass is 10.2. The minimum absolute atomic E-state index is 0.246. The van der Waals surface area contributed by atoms with E-state index in [0.29, 0.717) is 17.9 Å². The molecule has 1 unspecified atom stereocenters. The Balaban J connectivity index is 1.42. The minimum atomic E-state index is -0.615. The summed E-state index contributed by atoms with van der Waals surface area (Å²) >= 11 is 3.05. The number of benzene rings is 1. The molecule has 0 fully saturated rings. The zero-order valence-electron chi connectivity index (χ0n) is 13.1. The monoisotopic (exact) mass is 369 g/mol. The Morgan fingerprint density at radius 2 is 2.08 bits per heavy atom. The lowest BCUT2D eigenvalue weighted by molar-refractivity contribution is 0.0925. The highest BCUT2D eigenvalue weighted by Crippen LogP contribution is 2.29. The minimum Gasteiger partial charge on any atom is -0.451 e. The Morgan fingerprint density at radius 1 is 1.20 bits per heavy atom. The number of rotatable bonds is 5. The van der Waals surface area contributed by atoms with Gasteiger partial charge < -0.3 is 14.8 Å². The zero-order chi connectivity index (χ0) is 17.2. The van der Waals surface area contributed by atoms with E-state index in [4.69, 9.17) is 4.42 Å². The second kappa shape index (κ2) is 6.84. The topological polar surface area (TPSA) is 62.5 Å². The number of nitrogens with one attached hydrogen (secondary N) is 1. The third kappa shape index (κ3) is 3.37. The average Bonchev–Trinajstić information content (AvgIpc) is 3.39. The number of fused-ring (bicyclic) bond motifs is 1. The van der Waals surface area contributed by atoms with Crippen molar-refractivity contribution in [1.29, 1.82) is 0 Å². The molecular formula is C19H15NO3S2. The molecule has 0 radical (unpaired) electrons. The van der Waals surface area contributed by atoms with Crippen molar-refractivity contribution in [2.45, 2.75) is 12.6 Å². The van der Waals surface area contributed by atoms with Gasteiger partial charge in [-0.1, -0.05) is 18.2 Å². The number of carbonyl (C=O) groups is 1. The quantitative estimate of drug-likeness (QED) is 0.542. The molecule has 4 rings (SSSR count). The fourth-order valence-corrected chi connectivity index (χ4v) is 4.23. The molecule has 126 valence electrons. The Hall–Kier alpha value is -2.41. The van der Waals surface area contributed by atoms with Gasteiger partial charge in [-0.2, -0.15) is 11.3 Å². The summed E-state index contributed by atoms with van der Waals surface area (Å²) in [6.07, 6.45) is -0.615. The van der Waals surface area contributed by atoms with Crippen molar-refractivity contribution in [2.75, 3.05) is 0 Å². The molecule has 1 amide bonds. The number of furan rings is 1. The van der Waals surface area contributed by atoms with Gasteiger partial charge in [-0.25, -0.2) is 0 Å². The Labute approximate surface area is 152 Å². The highest BCUT2D eigenvalue weighted by atomic mass is 32.1. The fourth-order valence-electron chi connectivity index (χ4n) is 2.58. The molecule has 3 heterocycles. The molecule has 0 aliphatic rings. The highest BCUT2D eigenvalue weighted by molar-refractivity contribution is 7.12. The molecule has 6 heteroatoms. The van der Waals surface area contributed by atoms with Gasteiger partial charge in [0, 0.05) is 15.1 Å². The van der Waals surface area contributed by atoms with E-state index in [1.54, 1.807) is 17.4 Å². The normalized spacial score (nSPS) is 12.4. The second-order valence-corrected chi connectivity index (χ2v) is 7.57. The SMILES string of the molecule is O=C(NCc1ccc(C(O)c2ccsc2)s1)c1cc2ccccc2o1. The summed E-state index contributed by atoms with van der Waals surface area (Å²) in [5, 5.41) is 18.0. The third-order valence-corrected chi connectivity index (χ3v) is 5.72. The zero-order valence-corrected chi connectivity index (χ0v) is 14.8. The van der Waals surface area contributed by atoms with Crippen LogP contribution in [0, 0.1) is 0 Å². The second-order valence-electron chi connectivity index (χ2n) is 5.59. The molecule has 25 heavy (non-hydrogen) atoms. The summed E-state index contributed by atoms with van der Waals surface area (Å²) in [4.78, 5) is 14.1. The van der Waals surface area contributed by atoms with Gasteiger partial charge in [-0.15, -0.1) is 11.3 Å². The summed E-state index contributed by atoms with van der Waals surface area (Å²) in [6, 6.07) is 15.0. The van der Waals surface area contributed by atoms with Crippen molar-refractivity contribution in [2.24, 2.45) is 0 Å². The molecule has 4 nitrogen and oxygen atoms in total. The van der Waals surface area contributed by atoms with E-state index in [9.17, 15) is 9.90 Å².